The Morgan fingerprint density at radius 3 is 1.11 bits per heavy atom. The van der Waals surface area contributed by atoms with Gasteiger partial charge in [-0.15, -0.1) is 0 Å². The van der Waals surface area contributed by atoms with Gasteiger partial charge in [-0.25, -0.2) is 33.6 Å². The molecule has 2 fully saturated rings. The number of hydrogen-bond donors (Lipinski definition) is 1. The molecule has 0 unspecified atom stereocenters. The van der Waals surface area contributed by atoms with Crippen molar-refractivity contribution in [2.24, 2.45) is 0 Å². The molecule has 1 N–H and O–H groups in total. The fraction of sp³-hybridized carbons (Fsp3) is 0.206. The summed E-state index contributed by atoms with van der Waals surface area (Å²) in [5.74, 6) is -6.99. The summed E-state index contributed by atoms with van der Waals surface area (Å²) < 4.78 is 62.9. The van der Waals surface area contributed by atoms with Crippen molar-refractivity contribution < 1.29 is 86.0 Å². The molecule has 2 aliphatic heterocycles. The van der Waals surface area contributed by atoms with E-state index in [9.17, 15) is 38.7 Å². The first kappa shape index (κ1) is 57.4. The zero-order chi connectivity index (χ0) is 57.6. The standard InChI is InChI=1S/C63H52O18S/c1-39(82)63(81-60(71)46-35-21-8-22-36-46)52(64)48(38-73-55(66)41-25-11-3-12-26-41)75-62(53(63)79-58(69)44-31-17-6-18-32-44)78-49-47(37-72-54(65)40-23-9-2-10-24-40)74-61(80-59(70)45-33-19-7-20-34-45)51(77-57(68)43-29-15-5-16-30-43)50(49)76-56(67)42-27-13-4-14-28-42/h2-36,47-53,61-62,64H,37-38H2,1H3/t47-,48-,49-,50+,51-,52-,53+,61+,62-,63+/m1/s1. The highest BCUT2D eigenvalue weighted by Crippen LogP contribution is 2.42. The molecule has 2 aliphatic rings. The highest BCUT2D eigenvalue weighted by Gasteiger charge is 2.65. The molecule has 418 valence electrons. The van der Waals surface area contributed by atoms with Crippen LogP contribution in [0.3, 0.4) is 0 Å². The maximum atomic E-state index is 14.6. The summed E-state index contributed by atoms with van der Waals surface area (Å²) in [7, 11) is 0. The van der Waals surface area contributed by atoms with E-state index < -0.39 is 116 Å². The second-order valence-electron chi connectivity index (χ2n) is 18.6. The summed E-state index contributed by atoms with van der Waals surface area (Å²) in [5.41, 5.74) is -2.57. The molecule has 82 heavy (non-hydrogen) atoms. The van der Waals surface area contributed by atoms with Crippen molar-refractivity contribution in [2.45, 2.75) is 67.8 Å². The molecule has 18 nitrogen and oxygen atoms in total. The third-order valence-corrected chi connectivity index (χ3v) is 13.6. The van der Waals surface area contributed by atoms with Gasteiger partial charge in [0.15, 0.2) is 18.5 Å². The largest absolute Gasteiger partial charge is 0.459 e. The van der Waals surface area contributed by atoms with Crippen LogP contribution in [-0.2, 0) is 47.4 Å². The van der Waals surface area contributed by atoms with Crippen molar-refractivity contribution in [1.82, 2.24) is 0 Å². The summed E-state index contributed by atoms with van der Waals surface area (Å²) in [4.78, 5) is 99.4. The monoisotopic (exact) mass is 1130 g/mol. The van der Waals surface area contributed by atoms with Crippen LogP contribution in [0.4, 0.5) is 0 Å². The van der Waals surface area contributed by atoms with Gasteiger partial charge in [0.05, 0.1) is 38.9 Å². The van der Waals surface area contributed by atoms with Gasteiger partial charge in [-0.05, 0) is 91.9 Å². The second kappa shape index (κ2) is 26.8. The van der Waals surface area contributed by atoms with Crippen LogP contribution in [0.5, 0.6) is 0 Å². The van der Waals surface area contributed by atoms with E-state index in [1.54, 1.807) is 127 Å². The van der Waals surface area contributed by atoms with Crippen LogP contribution in [0.25, 0.3) is 0 Å². The summed E-state index contributed by atoms with van der Waals surface area (Å²) in [6.07, 6.45) is -18.0. The summed E-state index contributed by atoms with van der Waals surface area (Å²) in [6, 6.07) is 53.8. The molecule has 7 aromatic rings. The molecule has 7 aromatic carbocycles. The summed E-state index contributed by atoms with van der Waals surface area (Å²) >= 11 is 5.92. The Morgan fingerprint density at radius 2 is 0.720 bits per heavy atom. The predicted octanol–water partition coefficient (Wildman–Crippen LogP) is 8.42. The molecule has 9 rings (SSSR count). The van der Waals surface area contributed by atoms with E-state index in [-0.39, 0.29) is 43.8 Å². The topological polar surface area (TPSA) is 232 Å². The van der Waals surface area contributed by atoms with Crippen molar-refractivity contribution in [1.29, 1.82) is 0 Å². The minimum absolute atomic E-state index is 0.00740. The first-order valence-corrected chi connectivity index (χ1v) is 26.1. The van der Waals surface area contributed by atoms with Gasteiger partial charge in [0, 0.05) is 4.86 Å². The molecule has 10 atom stereocenters. The fourth-order valence-electron chi connectivity index (χ4n) is 9.08. The predicted molar refractivity (Wildman–Crippen MR) is 293 cm³/mol. The molecular weight excluding hydrogens is 1080 g/mol. The number of aliphatic hydroxyl groups excluding tert-OH is 1. The van der Waals surface area contributed by atoms with Crippen LogP contribution in [0, 0.1) is 0 Å². The zero-order valence-corrected chi connectivity index (χ0v) is 44.4. The summed E-state index contributed by atoms with van der Waals surface area (Å²) in [6.45, 7) is -0.305. The number of esters is 7. The maximum absolute atomic E-state index is 14.6. The van der Waals surface area contributed by atoms with E-state index in [1.165, 1.54) is 91.9 Å². The fourth-order valence-corrected chi connectivity index (χ4v) is 9.36. The average molecular weight is 1130 g/mol. The number of hydrogen-bond acceptors (Lipinski definition) is 19. The van der Waals surface area contributed by atoms with Gasteiger partial charge in [-0.2, -0.15) is 0 Å². The number of aliphatic hydroxyl groups is 1. The lowest BCUT2D eigenvalue weighted by atomic mass is 9.80. The molecule has 0 amide bonds. The summed E-state index contributed by atoms with van der Waals surface area (Å²) in [5, 5.41) is 12.8. The highest BCUT2D eigenvalue weighted by atomic mass is 32.1. The SMILES string of the molecule is CC(=S)[C@]1(OC(=O)c2ccccc2)[C@H](O)[C@@H](COC(=O)c2ccccc2)O[C@H](O[C@H]2[C@H](OC(=O)c3ccccc3)[C@@H](OC(=O)c3ccccc3)[C@H](OC(=O)c3ccccc3)O[C@@H]2COC(=O)c2ccccc2)[C@@H]1OC(=O)c1ccccc1. The zero-order valence-electron chi connectivity index (χ0n) is 43.6. The van der Waals surface area contributed by atoms with Crippen LogP contribution >= 0.6 is 12.2 Å². The van der Waals surface area contributed by atoms with Gasteiger partial charge in [-0.3, -0.25) is 0 Å². The van der Waals surface area contributed by atoms with Crippen LogP contribution in [0.15, 0.2) is 212 Å². The van der Waals surface area contributed by atoms with Gasteiger partial charge >= 0.3 is 41.8 Å². The molecule has 19 heteroatoms. The minimum atomic E-state index is -2.67. The molecule has 2 heterocycles. The van der Waals surface area contributed by atoms with E-state index in [0.29, 0.717) is 0 Å². The molecule has 0 saturated carbocycles. The lowest BCUT2D eigenvalue weighted by Crippen LogP contribution is -2.74. The molecule has 0 aromatic heterocycles. The van der Waals surface area contributed by atoms with Crippen LogP contribution in [0.2, 0.25) is 0 Å². The van der Waals surface area contributed by atoms with E-state index in [1.807, 2.05) is 0 Å². The van der Waals surface area contributed by atoms with Crippen molar-refractivity contribution in [3.05, 3.63) is 251 Å². The van der Waals surface area contributed by atoms with E-state index >= 15 is 0 Å². The van der Waals surface area contributed by atoms with Crippen molar-refractivity contribution in [3.8, 4) is 0 Å². The quantitative estimate of drug-likeness (QED) is 0.0455. The first-order valence-electron chi connectivity index (χ1n) is 25.7. The molecule has 0 bridgehead atoms. The van der Waals surface area contributed by atoms with Gasteiger partial charge in [0.2, 0.25) is 18.0 Å². The van der Waals surface area contributed by atoms with Gasteiger partial charge in [-0.1, -0.05) is 140 Å². The Labute approximate surface area is 475 Å². The molecular formula is C63H52O18S. The molecule has 0 aliphatic carbocycles. The van der Waals surface area contributed by atoms with Crippen LogP contribution in [0.1, 0.15) is 79.4 Å². The normalized spacial score (nSPS) is 22.9. The van der Waals surface area contributed by atoms with E-state index in [0.717, 1.165) is 0 Å². The Balaban J connectivity index is 1.22. The minimum Gasteiger partial charge on any atom is -0.459 e. The Morgan fingerprint density at radius 1 is 0.402 bits per heavy atom. The highest BCUT2D eigenvalue weighted by molar-refractivity contribution is 7.80. The van der Waals surface area contributed by atoms with Gasteiger partial charge in [0.25, 0.3) is 0 Å². The first-order chi connectivity index (χ1) is 39.8. The third kappa shape index (κ3) is 13.5. The van der Waals surface area contributed by atoms with Crippen molar-refractivity contribution >= 4 is 58.9 Å². The number of ether oxygens (including phenoxy) is 10. The number of carbonyl (C=O) groups excluding carboxylic acids is 7. The number of thiocarbonyl (C=S) groups is 1. The molecule has 0 radical (unpaired) electrons. The smallest absolute Gasteiger partial charge is 0.340 e. The second-order valence-corrected chi connectivity index (χ2v) is 19.2. The average Bonchev–Trinajstić information content (AvgIpc) is 3.00. The number of carbonyl (C=O) groups is 7. The van der Waals surface area contributed by atoms with Crippen molar-refractivity contribution in [3.63, 3.8) is 0 Å². The number of benzene rings is 7. The van der Waals surface area contributed by atoms with Crippen LogP contribution in [-0.4, -0.2) is 126 Å². The van der Waals surface area contributed by atoms with Gasteiger partial charge in [0.1, 0.15) is 37.6 Å². The molecule has 2 saturated heterocycles. The van der Waals surface area contributed by atoms with Crippen LogP contribution < -0.4 is 0 Å². The Kier molecular flexibility index (Phi) is 18.8. The molecule has 0 spiro atoms. The maximum Gasteiger partial charge on any atom is 0.340 e. The lowest BCUT2D eigenvalue weighted by Gasteiger charge is -2.52. The third-order valence-electron chi connectivity index (χ3n) is 13.2. The lowest BCUT2D eigenvalue weighted by molar-refractivity contribution is -0.358. The number of rotatable bonds is 19. The van der Waals surface area contributed by atoms with Gasteiger partial charge < -0.3 is 52.5 Å². The Bertz CT molecular complexity index is 3340. The van der Waals surface area contributed by atoms with E-state index in [2.05, 4.69) is 0 Å². The Hall–Kier alpha value is -9.24. The van der Waals surface area contributed by atoms with E-state index in [4.69, 9.17) is 59.6 Å². The van der Waals surface area contributed by atoms with Crippen molar-refractivity contribution in [2.75, 3.05) is 13.2 Å².